The number of aromatic nitrogens is 1. The lowest BCUT2D eigenvalue weighted by atomic mass is 10.2. The molecule has 1 aliphatic heterocycles. The number of hydrogen-bond acceptors (Lipinski definition) is 6. The van der Waals surface area contributed by atoms with E-state index in [4.69, 9.17) is 4.74 Å². The molecule has 0 spiro atoms. The quantitative estimate of drug-likeness (QED) is 0.872. The molecule has 1 atom stereocenters. The Morgan fingerprint density at radius 1 is 1.22 bits per heavy atom. The second kappa shape index (κ2) is 7.72. The number of rotatable bonds is 6. The van der Waals surface area contributed by atoms with Gasteiger partial charge in [-0.15, -0.1) is 11.3 Å². The maximum absolute atomic E-state index is 12.8. The third-order valence-electron chi connectivity index (χ3n) is 3.79. The van der Waals surface area contributed by atoms with Crippen LogP contribution in [-0.4, -0.2) is 60.4 Å². The lowest BCUT2D eigenvalue weighted by Gasteiger charge is -2.35. The van der Waals surface area contributed by atoms with E-state index in [9.17, 15) is 9.50 Å². The van der Waals surface area contributed by atoms with E-state index in [-0.39, 0.29) is 12.4 Å². The van der Waals surface area contributed by atoms with E-state index in [1.807, 2.05) is 11.6 Å². The Hall–Kier alpha value is -1.70. The molecular weight excluding hydrogens is 317 g/mol. The molecule has 0 aliphatic carbocycles. The summed E-state index contributed by atoms with van der Waals surface area (Å²) in [6, 6.07) is 5.82. The average molecular weight is 337 g/mol. The van der Waals surface area contributed by atoms with Crippen molar-refractivity contribution in [1.29, 1.82) is 0 Å². The van der Waals surface area contributed by atoms with Crippen LogP contribution in [0.2, 0.25) is 0 Å². The maximum Gasteiger partial charge on any atom is 0.185 e. The number of hydrogen-bond donors (Lipinski definition) is 1. The third kappa shape index (κ3) is 4.63. The number of anilines is 1. The van der Waals surface area contributed by atoms with Crippen molar-refractivity contribution in [2.45, 2.75) is 6.10 Å². The zero-order valence-corrected chi connectivity index (χ0v) is 13.6. The number of β-amino-alcohol motifs (C(OH)–C–C–N with tert-alkyl or cyclic N) is 1. The summed E-state index contributed by atoms with van der Waals surface area (Å²) in [5.41, 5.74) is 0. The number of piperazine rings is 1. The first-order valence-electron chi connectivity index (χ1n) is 7.64. The van der Waals surface area contributed by atoms with Crippen LogP contribution in [0.15, 0.2) is 35.8 Å². The van der Waals surface area contributed by atoms with Gasteiger partial charge in [0.15, 0.2) is 5.13 Å². The molecule has 5 nitrogen and oxygen atoms in total. The number of nitrogens with zero attached hydrogens (tertiary/aromatic N) is 3. The molecule has 1 aliphatic rings. The van der Waals surface area contributed by atoms with Crippen molar-refractivity contribution < 1.29 is 14.2 Å². The predicted molar refractivity (Wildman–Crippen MR) is 88.7 cm³/mol. The molecule has 0 saturated carbocycles. The Labute approximate surface area is 138 Å². The van der Waals surface area contributed by atoms with Gasteiger partial charge in [0.05, 0.1) is 0 Å². The van der Waals surface area contributed by atoms with Crippen LogP contribution in [0.25, 0.3) is 0 Å². The molecule has 2 heterocycles. The summed E-state index contributed by atoms with van der Waals surface area (Å²) >= 11 is 1.65. The summed E-state index contributed by atoms with van der Waals surface area (Å²) in [6.07, 6.45) is 1.26. The lowest BCUT2D eigenvalue weighted by molar-refractivity contribution is 0.0663. The fourth-order valence-corrected chi connectivity index (χ4v) is 3.26. The Bertz CT molecular complexity index is 586. The highest BCUT2D eigenvalue weighted by molar-refractivity contribution is 7.13. The monoisotopic (exact) mass is 337 g/mol. The van der Waals surface area contributed by atoms with E-state index in [2.05, 4.69) is 14.8 Å². The van der Waals surface area contributed by atoms with Crippen molar-refractivity contribution in [3.05, 3.63) is 41.7 Å². The Morgan fingerprint density at radius 2 is 1.96 bits per heavy atom. The number of aliphatic hydroxyl groups excluding tert-OH is 1. The highest BCUT2D eigenvalue weighted by Gasteiger charge is 2.20. The zero-order valence-electron chi connectivity index (χ0n) is 12.8. The Balaban J connectivity index is 1.39. The summed E-state index contributed by atoms with van der Waals surface area (Å²) < 4.78 is 18.3. The van der Waals surface area contributed by atoms with Gasteiger partial charge in [0.2, 0.25) is 0 Å². The normalized spacial score (nSPS) is 17.2. The molecule has 124 valence electrons. The molecule has 7 heteroatoms. The van der Waals surface area contributed by atoms with Gasteiger partial charge < -0.3 is 14.7 Å². The Kier molecular flexibility index (Phi) is 5.43. The second-order valence-electron chi connectivity index (χ2n) is 5.52. The van der Waals surface area contributed by atoms with E-state index in [1.165, 1.54) is 12.1 Å². The van der Waals surface area contributed by atoms with Gasteiger partial charge in [0.25, 0.3) is 0 Å². The highest BCUT2D eigenvalue weighted by atomic mass is 32.1. The van der Waals surface area contributed by atoms with Gasteiger partial charge in [0.1, 0.15) is 24.3 Å². The first-order chi connectivity index (χ1) is 11.2. The van der Waals surface area contributed by atoms with Crippen LogP contribution >= 0.6 is 11.3 Å². The first kappa shape index (κ1) is 16.2. The SMILES string of the molecule is O[C@H](COc1ccc(F)cc1)CN1CCN(c2nccs2)CC1. The van der Waals surface area contributed by atoms with E-state index in [0.717, 1.165) is 31.3 Å². The van der Waals surface area contributed by atoms with Crippen LogP contribution < -0.4 is 9.64 Å². The molecule has 0 bridgehead atoms. The smallest absolute Gasteiger partial charge is 0.185 e. The van der Waals surface area contributed by atoms with Crippen LogP contribution in [0.5, 0.6) is 5.75 Å². The fourth-order valence-electron chi connectivity index (χ4n) is 2.57. The van der Waals surface area contributed by atoms with Crippen molar-refractivity contribution in [3.8, 4) is 5.75 Å². The van der Waals surface area contributed by atoms with E-state index < -0.39 is 6.10 Å². The van der Waals surface area contributed by atoms with Crippen molar-refractivity contribution in [1.82, 2.24) is 9.88 Å². The van der Waals surface area contributed by atoms with Crippen molar-refractivity contribution in [3.63, 3.8) is 0 Å². The highest BCUT2D eigenvalue weighted by Crippen LogP contribution is 2.19. The molecule has 1 fully saturated rings. The standard InChI is InChI=1S/C16H20FN3O2S/c17-13-1-3-15(4-2-13)22-12-14(21)11-19-6-8-20(9-7-19)16-18-5-10-23-16/h1-5,10,14,21H,6-9,11-12H2/t14-/m0/s1. The fraction of sp³-hybridized carbons (Fsp3) is 0.438. The molecular formula is C16H20FN3O2S. The molecule has 2 aromatic rings. The lowest BCUT2D eigenvalue weighted by Crippen LogP contribution is -2.49. The number of ether oxygens (including phenoxy) is 1. The Morgan fingerprint density at radius 3 is 2.61 bits per heavy atom. The molecule has 3 rings (SSSR count). The molecule has 1 aromatic heterocycles. The van der Waals surface area contributed by atoms with Gasteiger partial charge >= 0.3 is 0 Å². The summed E-state index contributed by atoms with van der Waals surface area (Å²) in [7, 11) is 0. The van der Waals surface area contributed by atoms with Gasteiger partial charge in [0, 0.05) is 44.3 Å². The minimum absolute atomic E-state index is 0.207. The summed E-state index contributed by atoms with van der Waals surface area (Å²) in [5, 5.41) is 13.1. The van der Waals surface area contributed by atoms with Gasteiger partial charge in [-0.05, 0) is 24.3 Å². The largest absolute Gasteiger partial charge is 0.491 e. The van der Waals surface area contributed by atoms with Gasteiger partial charge in [-0.2, -0.15) is 0 Å². The number of benzene rings is 1. The predicted octanol–water partition coefficient (Wildman–Crippen LogP) is 1.84. The third-order valence-corrected chi connectivity index (χ3v) is 4.62. The van der Waals surface area contributed by atoms with Crippen molar-refractivity contribution in [2.24, 2.45) is 0 Å². The van der Waals surface area contributed by atoms with Crippen molar-refractivity contribution in [2.75, 3.05) is 44.2 Å². The molecule has 1 N–H and O–H groups in total. The van der Waals surface area contributed by atoms with Crippen LogP contribution in [0.3, 0.4) is 0 Å². The van der Waals surface area contributed by atoms with Gasteiger partial charge in [-0.3, -0.25) is 4.90 Å². The molecule has 0 radical (unpaired) electrons. The summed E-state index contributed by atoms with van der Waals surface area (Å²) in [6.45, 7) is 4.41. The van der Waals surface area contributed by atoms with E-state index in [1.54, 1.807) is 23.5 Å². The molecule has 1 saturated heterocycles. The topological polar surface area (TPSA) is 48.8 Å². The maximum atomic E-state index is 12.8. The number of aliphatic hydroxyl groups is 1. The average Bonchev–Trinajstić information content (AvgIpc) is 3.09. The minimum Gasteiger partial charge on any atom is -0.491 e. The second-order valence-corrected chi connectivity index (χ2v) is 6.39. The van der Waals surface area contributed by atoms with Crippen LogP contribution in [0.4, 0.5) is 9.52 Å². The zero-order chi connectivity index (χ0) is 16.1. The molecule has 0 amide bonds. The van der Waals surface area contributed by atoms with Crippen molar-refractivity contribution >= 4 is 16.5 Å². The summed E-state index contributed by atoms with van der Waals surface area (Å²) in [5.74, 6) is 0.273. The number of thiazole rings is 1. The number of halogens is 1. The molecule has 23 heavy (non-hydrogen) atoms. The van der Waals surface area contributed by atoms with E-state index >= 15 is 0 Å². The minimum atomic E-state index is -0.563. The summed E-state index contributed by atoms with van der Waals surface area (Å²) in [4.78, 5) is 8.82. The van der Waals surface area contributed by atoms with Crippen LogP contribution in [0.1, 0.15) is 0 Å². The first-order valence-corrected chi connectivity index (χ1v) is 8.52. The van der Waals surface area contributed by atoms with Crippen LogP contribution in [-0.2, 0) is 0 Å². The molecule has 1 aromatic carbocycles. The van der Waals surface area contributed by atoms with Gasteiger partial charge in [-0.25, -0.2) is 9.37 Å². The molecule has 0 unspecified atom stereocenters. The van der Waals surface area contributed by atoms with Crippen LogP contribution in [0, 0.1) is 5.82 Å². The van der Waals surface area contributed by atoms with E-state index in [0.29, 0.717) is 12.3 Å². The van der Waals surface area contributed by atoms with Gasteiger partial charge in [-0.1, -0.05) is 0 Å².